The molecule has 2 rings (SSSR count). The summed E-state index contributed by atoms with van der Waals surface area (Å²) in [5.74, 6) is 0. The second kappa shape index (κ2) is 5.93. The molecule has 1 aromatic heterocycles. The van der Waals surface area contributed by atoms with E-state index in [0.717, 1.165) is 17.0 Å². The maximum Gasteiger partial charge on any atom is 0.271 e. The summed E-state index contributed by atoms with van der Waals surface area (Å²) >= 11 is 10.1. The predicted octanol–water partition coefficient (Wildman–Crippen LogP) is 4.03. The Kier molecular flexibility index (Phi) is 4.63. The maximum absolute atomic E-state index is 12.2. The number of nitrogens with one attached hydrogen (secondary N) is 1. The van der Waals surface area contributed by atoms with E-state index in [1.54, 1.807) is 12.1 Å². The highest BCUT2D eigenvalue weighted by Crippen LogP contribution is 2.35. The van der Waals surface area contributed by atoms with Gasteiger partial charge in [0.05, 0.1) is 8.81 Å². The first-order valence-electron chi connectivity index (χ1n) is 5.54. The average molecular weight is 396 g/mol. The van der Waals surface area contributed by atoms with Gasteiger partial charge in [-0.15, -0.1) is 11.3 Å². The van der Waals surface area contributed by atoms with Crippen molar-refractivity contribution in [1.29, 1.82) is 0 Å². The molecule has 0 spiro atoms. The largest absolute Gasteiger partial charge is 0.378 e. The van der Waals surface area contributed by atoms with Crippen LogP contribution in [0.1, 0.15) is 0 Å². The van der Waals surface area contributed by atoms with E-state index < -0.39 is 10.0 Å². The van der Waals surface area contributed by atoms with Crippen LogP contribution in [0, 0.1) is 0 Å². The summed E-state index contributed by atoms with van der Waals surface area (Å²) in [5.41, 5.74) is 1.51. The smallest absolute Gasteiger partial charge is 0.271 e. The number of benzene rings is 1. The molecule has 0 saturated heterocycles. The van der Waals surface area contributed by atoms with E-state index in [-0.39, 0.29) is 4.21 Å². The zero-order valence-electron chi connectivity index (χ0n) is 10.7. The van der Waals surface area contributed by atoms with Crippen molar-refractivity contribution in [1.82, 2.24) is 0 Å². The minimum atomic E-state index is -3.61. The van der Waals surface area contributed by atoms with E-state index in [9.17, 15) is 8.42 Å². The van der Waals surface area contributed by atoms with Crippen molar-refractivity contribution in [2.24, 2.45) is 0 Å². The Labute approximate surface area is 135 Å². The highest BCUT2D eigenvalue weighted by molar-refractivity contribution is 9.11. The van der Waals surface area contributed by atoms with Crippen molar-refractivity contribution in [3.05, 3.63) is 39.1 Å². The van der Waals surface area contributed by atoms with Crippen molar-refractivity contribution < 1.29 is 8.42 Å². The molecule has 1 N–H and O–H groups in total. The van der Waals surface area contributed by atoms with Gasteiger partial charge in [0, 0.05) is 25.5 Å². The summed E-state index contributed by atoms with van der Waals surface area (Å²) < 4.78 is 27.7. The number of hydrogen-bond acceptors (Lipinski definition) is 4. The van der Waals surface area contributed by atoms with Gasteiger partial charge in [0.2, 0.25) is 0 Å². The first-order valence-corrected chi connectivity index (χ1v) is 9.02. The molecule has 0 fully saturated rings. The van der Waals surface area contributed by atoms with Crippen molar-refractivity contribution in [3.8, 4) is 0 Å². The van der Waals surface area contributed by atoms with Gasteiger partial charge in [0.25, 0.3) is 10.0 Å². The minimum absolute atomic E-state index is 0.172. The molecule has 0 atom stereocenters. The van der Waals surface area contributed by atoms with Gasteiger partial charge in [-0.1, -0.05) is 11.6 Å². The van der Waals surface area contributed by atoms with Crippen LogP contribution in [0.15, 0.2) is 38.3 Å². The van der Waals surface area contributed by atoms with Gasteiger partial charge < -0.3 is 4.90 Å². The normalized spacial score (nSPS) is 11.4. The Balaban J connectivity index is 2.24. The summed E-state index contributed by atoms with van der Waals surface area (Å²) in [7, 11) is 0.234. The van der Waals surface area contributed by atoms with Gasteiger partial charge in [0.15, 0.2) is 0 Å². The maximum atomic E-state index is 12.2. The van der Waals surface area contributed by atoms with E-state index in [0.29, 0.717) is 14.5 Å². The van der Waals surface area contributed by atoms with Gasteiger partial charge in [-0.2, -0.15) is 0 Å². The van der Waals surface area contributed by atoms with Gasteiger partial charge in [-0.3, -0.25) is 4.72 Å². The number of sulfonamides is 1. The predicted molar refractivity (Wildman–Crippen MR) is 88.6 cm³/mol. The molecule has 20 heavy (non-hydrogen) atoms. The third kappa shape index (κ3) is 3.46. The Bertz CT molecular complexity index is 692. The molecule has 8 heteroatoms. The molecule has 0 aliphatic heterocycles. The van der Waals surface area contributed by atoms with Gasteiger partial charge >= 0.3 is 0 Å². The lowest BCUT2D eigenvalue weighted by molar-refractivity contribution is 0.603. The van der Waals surface area contributed by atoms with Crippen LogP contribution in [0.4, 0.5) is 11.4 Å². The average Bonchev–Trinajstić information content (AvgIpc) is 2.71. The number of hydrogen-bond donors (Lipinski definition) is 1. The molecule has 1 heterocycles. The van der Waals surface area contributed by atoms with Crippen LogP contribution >= 0.6 is 38.9 Å². The summed E-state index contributed by atoms with van der Waals surface area (Å²) in [6, 6.07) is 8.55. The molecule has 0 aliphatic rings. The van der Waals surface area contributed by atoms with Crippen LogP contribution in [0.25, 0.3) is 0 Å². The highest BCUT2D eigenvalue weighted by Gasteiger charge is 2.19. The van der Waals surface area contributed by atoms with Crippen LogP contribution in [0.5, 0.6) is 0 Å². The molecule has 0 unspecified atom stereocenters. The third-order valence-electron chi connectivity index (χ3n) is 2.52. The second-order valence-corrected chi connectivity index (χ2v) is 8.92. The summed E-state index contributed by atoms with van der Waals surface area (Å²) in [5, 5.41) is 0.387. The lowest BCUT2D eigenvalue weighted by atomic mass is 10.3. The topological polar surface area (TPSA) is 49.4 Å². The minimum Gasteiger partial charge on any atom is -0.378 e. The molecule has 0 radical (unpaired) electrons. The highest BCUT2D eigenvalue weighted by atomic mass is 79.9. The van der Waals surface area contributed by atoms with E-state index in [1.165, 1.54) is 6.07 Å². The van der Waals surface area contributed by atoms with Crippen molar-refractivity contribution >= 4 is 60.3 Å². The van der Waals surface area contributed by atoms with Crippen LogP contribution in [-0.2, 0) is 10.0 Å². The lowest BCUT2D eigenvalue weighted by Gasteiger charge is -2.13. The van der Waals surface area contributed by atoms with Crippen LogP contribution in [0.2, 0.25) is 5.02 Å². The van der Waals surface area contributed by atoms with E-state index in [1.807, 2.05) is 31.1 Å². The first kappa shape index (κ1) is 15.6. The molecule has 0 bridgehead atoms. The SMILES string of the molecule is CN(C)c1ccc(NS(=O)(=O)c2cc(Cl)c(Br)s2)cc1. The fourth-order valence-electron chi connectivity index (χ4n) is 1.49. The first-order chi connectivity index (χ1) is 9.29. The Morgan fingerprint density at radius 1 is 1.25 bits per heavy atom. The number of nitrogens with zero attached hydrogens (tertiary/aromatic N) is 1. The summed E-state index contributed by atoms with van der Waals surface area (Å²) in [4.78, 5) is 1.94. The Hall–Kier alpha value is -0.760. The summed E-state index contributed by atoms with van der Waals surface area (Å²) in [6.45, 7) is 0. The quantitative estimate of drug-likeness (QED) is 0.850. The number of anilines is 2. The molecule has 108 valence electrons. The molecule has 1 aromatic carbocycles. The zero-order valence-corrected chi connectivity index (χ0v) is 14.7. The van der Waals surface area contributed by atoms with Gasteiger partial charge in [-0.25, -0.2) is 8.42 Å². The second-order valence-electron chi connectivity index (χ2n) is 4.23. The number of halogens is 2. The van der Waals surface area contributed by atoms with Gasteiger partial charge in [0.1, 0.15) is 4.21 Å². The third-order valence-corrected chi connectivity index (χ3v) is 6.85. The molecule has 0 saturated carbocycles. The number of thiophene rings is 1. The van der Waals surface area contributed by atoms with Crippen molar-refractivity contribution in [2.75, 3.05) is 23.7 Å². The van der Waals surface area contributed by atoms with Crippen LogP contribution in [-0.4, -0.2) is 22.5 Å². The van der Waals surface area contributed by atoms with Crippen molar-refractivity contribution in [3.63, 3.8) is 0 Å². The lowest BCUT2D eigenvalue weighted by Crippen LogP contribution is -2.12. The number of rotatable bonds is 4. The fraction of sp³-hybridized carbons (Fsp3) is 0.167. The molecular formula is C12H12BrClN2O2S2. The standard InChI is InChI=1S/C12H12BrClN2O2S2/c1-16(2)9-5-3-8(4-6-9)15-20(17,18)11-7-10(14)12(13)19-11/h3-7,15H,1-2H3. The van der Waals surface area contributed by atoms with Crippen LogP contribution < -0.4 is 9.62 Å². The van der Waals surface area contributed by atoms with Crippen LogP contribution in [0.3, 0.4) is 0 Å². The molecule has 2 aromatic rings. The molecular weight excluding hydrogens is 384 g/mol. The molecule has 4 nitrogen and oxygen atoms in total. The summed E-state index contributed by atoms with van der Waals surface area (Å²) in [6.07, 6.45) is 0. The van der Waals surface area contributed by atoms with E-state index in [4.69, 9.17) is 11.6 Å². The zero-order chi connectivity index (χ0) is 14.9. The Morgan fingerprint density at radius 2 is 1.85 bits per heavy atom. The monoisotopic (exact) mass is 394 g/mol. The molecule has 0 aliphatic carbocycles. The van der Waals surface area contributed by atoms with Crippen molar-refractivity contribution in [2.45, 2.75) is 4.21 Å². The van der Waals surface area contributed by atoms with Gasteiger partial charge in [-0.05, 0) is 46.3 Å². The Morgan fingerprint density at radius 3 is 2.30 bits per heavy atom. The fourth-order valence-corrected chi connectivity index (χ4v) is 4.95. The van der Waals surface area contributed by atoms with E-state index in [2.05, 4.69) is 20.7 Å². The molecule has 0 amide bonds. The van der Waals surface area contributed by atoms with E-state index >= 15 is 0 Å².